The highest BCUT2D eigenvalue weighted by atomic mass is 32.1. The van der Waals surface area contributed by atoms with Gasteiger partial charge in [-0.2, -0.15) is 0 Å². The van der Waals surface area contributed by atoms with Crippen LogP contribution in [0, 0.1) is 0 Å². The second-order valence-corrected chi connectivity index (χ2v) is 9.02. The number of aromatic nitrogens is 2. The van der Waals surface area contributed by atoms with Gasteiger partial charge in [-0.25, -0.2) is 4.98 Å². The highest BCUT2D eigenvalue weighted by Crippen LogP contribution is 2.32. The molecule has 2 fully saturated rings. The first-order valence-corrected chi connectivity index (χ1v) is 11.1. The Hall–Kier alpha value is -1.79. The van der Waals surface area contributed by atoms with Gasteiger partial charge in [0.05, 0.1) is 5.69 Å². The molecule has 5 rings (SSSR count). The molecule has 0 aromatic carbocycles. The topological polar surface area (TPSA) is 49.3 Å². The van der Waals surface area contributed by atoms with Crippen molar-refractivity contribution in [1.82, 2.24) is 19.8 Å². The number of rotatable bonds is 3. The normalized spacial score (nSPS) is 21.0. The minimum Gasteiger partial charge on any atom is -0.337 e. The number of hydrogen-bond acceptors (Lipinski definition) is 5. The Morgan fingerprint density at radius 1 is 1.04 bits per heavy atom. The first kappa shape index (κ1) is 17.3. The highest BCUT2D eigenvalue weighted by Gasteiger charge is 2.27. The molecule has 1 aliphatic carbocycles. The molecule has 2 aromatic rings. The van der Waals surface area contributed by atoms with Crippen molar-refractivity contribution in [3.63, 3.8) is 0 Å². The second kappa shape index (κ2) is 7.32. The number of fused-ring (bicyclic) bond motifs is 1. The Morgan fingerprint density at radius 2 is 1.85 bits per heavy atom. The van der Waals surface area contributed by atoms with E-state index >= 15 is 0 Å². The van der Waals surface area contributed by atoms with Crippen molar-refractivity contribution >= 4 is 17.2 Å². The van der Waals surface area contributed by atoms with E-state index in [9.17, 15) is 4.79 Å². The smallest absolute Gasteiger partial charge is 0.272 e. The molecule has 2 aromatic heterocycles. The van der Waals surface area contributed by atoms with E-state index < -0.39 is 0 Å². The van der Waals surface area contributed by atoms with Crippen LogP contribution in [0.4, 0.5) is 0 Å². The second-order valence-electron chi connectivity index (χ2n) is 7.94. The van der Waals surface area contributed by atoms with Crippen LogP contribution < -0.4 is 0 Å². The van der Waals surface area contributed by atoms with E-state index in [-0.39, 0.29) is 5.91 Å². The Balaban J connectivity index is 1.29. The fourth-order valence-electron chi connectivity index (χ4n) is 4.35. The van der Waals surface area contributed by atoms with E-state index in [4.69, 9.17) is 4.98 Å². The molecule has 1 saturated carbocycles. The van der Waals surface area contributed by atoms with Gasteiger partial charge in [0, 0.05) is 55.3 Å². The maximum absolute atomic E-state index is 12.5. The van der Waals surface area contributed by atoms with Crippen LogP contribution in [-0.2, 0) is 12.8 Å². The third-order valence-corrected chi connectivity index (χ3v) is 7.46. The molecule has 0 atom stereocenters. The molecular formula is C21H26N4OS. The lowest BCUT2D eigenvalue weighted by Crippen LogP contribution is -2.41. The zero-order valence-corrected chi connectivity index (χ0v) is 16.5. The molecular weight excluding hydrogens is 356 g/mol. The number of hydrogen-bond donors (Lipinski definition) is 0. The van der Waals surface area contributed by atoms with Gasteiger partial charge >= 0.3 is 0 Å². The van der Waals surface area contributed by atoms with Gasteiger partial charge in [0.1, 0.15) is 10.7 Å². The highest BCUT2D eigenvalue weighted by molar-refractivity contribution is 7.15. The van der Waals surface area contributed by atoms with Crippen molar-refractivity contribution in [2.24, 2.45) is 0 Å². The van der Waals surface area contributed by atoms with Crippen LogP contribution in [0.25, 0.3) is 10.6 Å². The molecule has 142 valence electrons. The van der Waals surface area contributed by atoms with Gasteiger partial charge in [0.15, 0.2) is 0 Å². The standard InChI is InChI=1S/C21H26N4OS/c26-21(25-10-1-2-11-25)18-7-6-15(14-22-18)20-23-17-8-12-24(16-4-3-5-16)13-9-19(17)27-20/h6-7,14,16H,1-5,8-13H2. The largest absolute Gasteiger partial charge is 0.337 e. The van der Waals surface area contributed by atoms with Crippen LogP contribution in [0.2, 0.25) is 0 Å². The molecule has 1 amide bonds. The SMILES string of the molecule is O=C(c1ccc(-c2nc3c(s2)CCN(C2CCC2)CC3)cn1)N1CCCC1. The lowest BCUT2D eigenvalue weighted by molar-refractivity contribution is 0.0787. The van der Waals surface area contributed by atoms with Gasteiger partial charge in [-0.15, -0.1) is 11.3 Å². The molecule has 0 unspecified atom stereocenters. The lowest BCUT2D eigenvalue weighted by Gasteiger charge is -2.36. The number of likely N-dealkylation sites (tertiary alicyclic amines) is 1. The van der Waals surface area contributed by atoms with E-state index in [0.29, 0.717) is 5.69 Å². The van der Waals surface area contributed by atoms with E-state index in [0.717, 1.165) is 61.9 Å². The van der Waals surface area contributed by atoms with Gasteiger partial charge in [0.25, 0.3) is 5.91 Å². The summed E-state index contributed by atoms with van der Waals surface area (Å²) >= 11 is 1.81. The molecule has 6 heteroatoms. The van der Waals surface area contributed by atoms with Crippen LogP contribution >= 0.6 is 11.3 Å². The minimum atomic E-state index is 0.0602. The molecule has 0 bridgehead atoms. The summed E-state index contributed by atoms with van der Waals surface area (Å²) in [6.07, 6.45) is 10.3. The molecule has 2 aliphatic heterocycles. The molecule has 27 heavy (non-hydrogen) atoms. The zero-order chi connectivity index (χ0) is 18.2. The van der Waals surface area contributed by atoms with Gasteiger partial charge in [-0.3, -0.25) is 14.7 Å². The average molecular weight is 383 g/mol. The third kappa shape index (κ3) is 3.41. The van der Waals surface area contributed by atoms with Crippen LogP contribution in [-0.4, -0.2) is 57.9 Å². The minimum absolute atomic E-state index is 0.0602. The molecule has 1 saturated heterocycles. The summed E-state index contributed by atoms with van der Waals surface area (Å²) < 4.78 is 0. The summed E-state index contributed by atoms with van der Waals surface area (Å²) in [5.41, 5.74) is 2.85. The van der Waals surface area contributed by atoms with Gasteiger partial charge in [-0.05, 0) is 44.2 Å². The average Bonchev–Trinajstić information content (AvgIpc) is 3.29. The zero-order valence-electron chi connectivity index (χ0n) is 15.7. The predicted octanol–water partition coefficient (Wildman–Crippen LogP) is 3.39. The van der Waals surface area contributed by atoms with E-state index in [1.807, 2.05) is 34.6 Å². The number of pyridine rings is 1. The molecule has 0 spiro atoms. The Labute approximate surface area is 164 Å². The van der Waals surface area contributed by atoms with Crippen LogP contribution in [0.1, 0.15) is 53.2 Å². The van der Waals surface area contributed by atoms with Crippen molar-refractivity contribution in [1.29, 1.82) is 0 Å². The fourth-order valence-corrected chi connectivity index (χ4v) is 5.44. The van der Waals surface area contributed by atoms with E-state index in [2.05, 4.69) is 9.88 Å². The maximum Gasteiger partial charge on any atom is 0.272 e. The monoisotopic (exact) mass is 382 g/mol. The summed E-state index contributed by atoms with van der Waals surface area (Å²) in [4.78, 5) is 27.8. The Morgan fingerprint density at radius 3 is 2.56 bits per heavy atom. The van der Waals surface area contributed by atoms with Crippen molar-refractivity contribution in [3.8, 4) is 10.6 Å². The molecule has 5 nitrogen and oxygen atoms in total. The Bertz CT molecular complexity index is 796. The van der Waals surface area contributed by atoms with E-state index in [1.165, 1.54) is 36.4 Å². The number of thiazole rings is 1. The first-order chi connectivity index (χ1) is 13.3. The Kier molecular flexibility index (Phi) is 4.70. The van der Waals surface area contributed by atoms with Gasteiger partial charge in [0.2, 0.25) is 0 Å². The summed E-state index contributed by atoms with van der Waals surface area (Å²) in [6.45, 7) is 4.03. The molecule has 0 radical (unpaired) electrons. The van der Waals surface area contributed by atoms with Crippen molar-refractivity contribution in [2.75, 3.05) is 26.2 Å². The molecule has 3 aliphatic rings. The van der Waals surface area contributed by atoms with Gasteiger partial charge in [-0.1, -0.05) is 6.42 Å². The summed E-state index contributed by atoms with van der Waals surface area (Å²) in [7, 11) is 0. The van der Waals surface area contributed by atoms with E-state index in [1.54, 1.807) is 0 Å². The quantitative estimate of drug-likeness (QED) is 0.816. The maximum atomic E-state index is 12.5. The van der Waals surface area contributed by atoms with Crippen LogP contribution in [0.3, 0.4) is 0 Å². The summed E-state index contributed by atoms with van der Waals surface area (Å²) in [5.74, 6) is 0.0602. The lowest BCUT2D eigenvalue weighted by atomic mass is 9.91. The fraction of sp³-hybridized carbons (Fsp3) is 0.571. The van der Waals surface area contributed by atoms with Gasteiger partial charge < -0.3 is 4.90 Å². The number of amides is 1. The summed E-state index contributed by atoms with van der Waals surface area (Å²) in [6, 6.07) is 4.69. The predicted molar refractivity (Wildman–Crippen MR) is 107 cm³/mol. The summed E-state index contributed by atoms with van der Waals surface area (Å²) in [5, 5.41) is 1.05. The third-order valence-electron chi connectivity index (χ3n) is 6.25. The van der Waals surface area contributed by atoms with Crippen LogP contribution in [0.5, 0.6) is 0 Å². The molecule has 0 N–H and O–H groups in total. The number of carbonyl (C=O) groups is 1. The van der Waals surface area contributed by atoms with Crippen molar-refractivity contribution in [3.05, 3.63) is 34.6 Å². The van der Waals surface area contributed by atoms with Crippen molar-refractivity contribution < 1.29 is 4.79 Å². The number of nitrogens with zero attached hydrogens (tertiary/aromatic N) is 4. The number of carbonyl (C=O) groups excluding carboxylic acids is 1. The van der Waals surface area contributed by atoms with Crippen molar-refractivity contribution in [2.45, 2.75) is 51.0 Å². The first-order valence-electron chi connectivity index (χ1n) is 10.3. The van der Waals surface area contributed by atoms with Crippen LogP contribution in [0.15, 0.2) is 18.3 Å². The molecule has 4 heterocycles.